The molecule has 2 unspecified atom stereocenters. The smallest absolute Gasteiger partial charge is 0.00675 e. The number of hydrogen-bond donors (Lipinski definition) is 0. The van der Waals surface area contributed by atoms with Crippen LogP contribution in [0.2, 0.25) is 0 Å². The van der Waals surface area contributed by atoms with Crippen LogP contribution in [0.15, 0.2) is 146 Å². The molecular formula is C46H36. The van der Waals surface area contributed by atoms with Gasteiger partial charge >= 0.3 is 0 Å². The number of fused-ring (bicyclic) bond motifs is 16. The maximum atomic E-state index is 2.51. The molecule has 0 saturated carbocycles. The van der Waals surface area contributed by atoms with Gasteiger partial charge in [0, 0.05) is 11.8 Å². The fourth-order valence-electron chi connectivity index (χ4n) is 8.15. The molecule has 0 radical (unpaired) electrons. The Kier molecular flexibility index (Phi) is 6.32. The number of rotatable bonds is 0. The van der Waals surface area contributed by atoms with Gasteiger partial charge in [0.25, 0.3) is 0 Å². The molecule has 220 valence electrons. The second-order valence-corrected chi connectivity index (χ2v) is 13.4. The summed E-state index contributed by atoms with van der Waals surface area (Å²) in [5, 5.41) is 10.7. The molecule has 0 heterocycles. The Bertz CT molecular complexity index is 2450. The molecular weight excluding hydrogens is 553 g/mol. The highest BCUT2D eigenvalue weighted by molar-refractivity contribution is 5.92. The van der Waals surface area contributed by atoms with Gasteiger partial charge in [0.1, 0.15) is 0 Å². The summed E-state index contributed by atoms with van der Waals surface area (Å²) in [7, 11) is 0. The lowest BCUT2D eigenvalue weighted by Gasteiger charge is -2.23. The molecule has 0 saturated heterocycles. The van der Waals surface area contributed by atoms with E-state index in [2.05, 4.69) is 159 Å². The Hall–Kier alpha value is -5.20. The van der Waals surface area contributed by atoms with E-state index in [9.17, 15) is 0 Å². The standard InChI is InChI=1S/C46H36/c1-29-37-25-35-13-4-8-16-42(35)40(27-37)22-31-19-33-11-3-7-15-41(33)39(21-31)23-32-20-34-12-5-9-17-43(34)45(24-32)30(2)38-26-36-14-6-10-18-44(36)46(29)28-38/h3-21,24-30H,22-23H2,1-2H3. The molecule has 46 heavy (non-hydrogen) atoms. The molecule has 1 aliphatic carbocycles. The first kappa shape index (κ1) is 27.1. The van der Waals surface area contributed by atoms with Gasteiger partial charge < -0.3 is 0 Å². The number of hydrogen-bond acceptors (Lipinski definition) is 0. The van der Waals surface area contributed by atoms with Crippen molar-refractivity contribution in [3.05, 3.63) is 190 Å². The van der Waals surface area contributed by atoms with E-state index in [-0.39, 0.29) is 11.8 Å². The summed E-state index contributed by atoms with van der Waals surface area (Å²) in [5.41, 5.74) is 11.1. The molecule has 0 aliphatic heterocycles. The van der Waals surface area contributed by atoms with Crippen molar-refractivity contribution in [2.24, 2.45) is 0 Å². The van der Waals surface area contributed by atoms with E-state index in [0.29, 0.717) is 0 Å². The molecule has 8 aromatic rings. The van der Waals surface area contributed by atoms with Crippen molar-refractivity contribution >= 4 is 43.1 Å². The Morgan fingerprint density at radius 3 is 1.35 bits per heavy atom. The van der Waals surface area contributed by atoms with E-state index in [0.717, 1.165) is 12.8 Å². The van der Waals surface area contributed by atoms with Gasteiger partial charge in [0.2, 0.25) is 0 Å². The van der Waals surface area contributed by atoms with Gasteiger partial charge in [-0.15, -0.1) is 0 Å². The molecule has 0 amide bonds. The monoisotopic (exact) mass is 588 g/mol. The minimum absolute atomic E-state index is 0.239. The first-order valence-corrected chi connectivity index (χ1v) is 16.7. The van der Waals surface area contributed by atoms with E-state index in [4.69, 9.17) is 0 Å². The molecule has 2 atom stereocenters. The lowest BCUT2D eigenvalue weighted by molar-refractivity contribution is 0.898. The van der Waals surface area contributed by atoms with Crippen molar-refractivity contribution in [3.8, 4) is 0 Å². The molecule has 0 fully saturated rings. The summed E-state index contributed by atoms with van der Waals surface area (Å²) in [4.78, 5) is 0. The Morgan fingerprint density at radius 2 is 0.761 bits per heavy atom. The van der Waals surface area contributed by atoms with Crippen LogP contribution in [-0.2, 0) is 12.8 Å². The molecule has 8 aromatic carbocycles. The molecule has 0 N–H and O–H groups in total. The van der Waals surface area contributed by atoms with Gasteiger partial charge in [-0.1, -0.05) is 159 Å². The zero-order valence-electron chi connectivity index (χ0n) is 26.4. The van der Waals surface area contributed by atoms with Gasteiger partial charge in [-0.25, -0.2) is 0 Å². The van der Waals surface area contributed by atoms with Crippen LogP contribution in [0.1, 0.15) is 70.2 Å². The SMILES string of the molecule is CC1c2cc(c3ccccc3c2)C(C)c2cc(c3ccccc3c2)Cc2cc(c3ccccc3c2)Cc2cc1c1ccccc1c2. The van der Waals surface area contributed by atoms with Crippen molar-refractivity contribution in [3.63, 3.8) is 0 Å². The van der Waals surface area contributed by atoms with Crippen molar-refractivity contribution in [2.45, 2.75) is 38.5 Å². The van der Waals surface area contributed by atoms with Crippen LogP contribution in [-0.4, -0.2) is 0 Å². The van der Waals surface area contributed by atoms with E-state index < -0.39 is 0 Å². The van der Waals surface area contributed by atoms with E-state index >= 15 is 0 Å². The molecule has 0 nitrogen and oxygen atoms in total. The Labute approximate surface area is 271 Å². The van der Waals surface area contributed by atoms with Gasteiger partial charge in [0.15, 0.2) is 0 Å². The maximum Gasteiger partial charge on any atom is 0.00675 e. The largest absolute Gasteiger partial charge is 0.0616 e. The first-order chi connectivity index (χ1) is 22.6. The van der Waals surface area contributed by atoms with Crippen LogP contribution in [0.3, 0.4) is 0 Å². The Balaban J connectivity index is 1.37. The van der Waals surface area contributed by atoms with Gasteiger partial charge in [-0.05, 0) is 100 Å². The van der Waals surface area contributed by atoms with Gasteiger partial charge in [0.05, 0.1) is 0 Å². The van der Waals surface area contributed by atoms with Gasteiger partial charge in [-0.3, -0.25) is 0 Å². The van der Waals surface area contributed by atoms with Crippen molar-refractivity contribution < 1.29 is 0 Å². The lowest BCUT2D eigenvalue weighted by atomic mass is 9.81. The lowest BCUT2D eigenvalue weighted by Crippen LogP contribution is -2.05. The second kappa shape index (κ2) is 10.7. The summed E-state index contributed by atoms with van der Waals surface area (Å²) in [6.45, 7) is 4.80. The van der Waals surface area contributed by atoms with Crippen LogP contribution in [0.5, 0.6) is 0 Å². The minimum Gasteiger partial charge on any atom is -0.0616 e. The molecule has 8 bridgehead atoms. The molecule has 0 aromatic heterocycles. The second-order valence-electron chi connectivity index (χ2n) is 13.4. The van der Waals surface area contributed by atoms with Crippen LogP contribution in [0, 0.1) is 0 Å². The summed E-state index contributed by atoms with van der Waals surface area (Å²) in [6, 6.07) is 55.5. The zero-order valence-corrected chi connectivity index (χ0v) is 26.4. The normalized spacial score (nSPS) is 16.3. The topological polar surface area (TPSA) is 0 Å². The third-order valence-corrected chi connectivity index (χ3v) is 10.6. The Morgan fingerprint density at radius 1 is 0.370 bits per heavy atom. The first-order valence-electron chi connectivity index (χ1n) is 16.7. The zero-order chi connectivity index (χ0) is 30.8. The van der Waals surface area contributed by atoms with Crippen LogP contribution < -0.4 is 0 Å². The van der Waals surface area contributed by atoms with E-state index in [1.807, 2.05) is 0 Å². The average Bonchev–Trinajstić information content (AvgIpc) is 3.10. The van der Waals surface area contributed by atoms with E-state index in [1.54, 1.807) is 0 Å². The van der Waals surface area contributed by atoms with Gasteiger partial charge in [-0.2, -0.15) is 0 Å². The molecule has 0 heteroatoms. The third kappa shape index (κ3) is 4.52. The number of benzene rings is 8. The summed E-state index contributed by atoms with van der Waals surface area (Å²) in [6.07, 6.45) is 1.80. The van der Waals surface area contributed by atoms with Crippen molar-refractivity contribution in [1.29, 1.82) is 0 Å². The van der Waals surface area contributed by atoms with Crippen LogP contribution in [0.25, 0.3) is 43.1 Å². The summed E-state index contributed by atoms with van der Waals surface area (Å²) in [5.74, 6) is 0.479. The van der Waals surface area contributed by atoms with E-state index in [1.165, 1.54) is 87.6 Å². The van der Waals surface area contributed by atoms with Crippen LogP contribution >= 0.6 is 0 Å². The quantitative estimate of drug-likeness (QED) is 0.165. The minimum atomic E-state index is 0.239. The molecule has 0 spiro atoms. The predicted molar refractivity (Wildman–Crippen MR) is 196 cm³/mol. The third-order valence-electron chi connectivity index (χ3n) is 10.6. The molecule has 1 aliphatic rings. The van der Waals surface area contributed by atoms with Crippen LogP contribution in [0.4, 0.5) is 0 Å². The summed E-state index contributed by atoms with van der Waals surface area (Å²) < 4.78 is 0. The highest BCUT2D eigenvalue weighted by Crippen LogP contribution is 2.40. The summed E-state index contributed by atoms with van der Waals surface area (Å²) >= 11 is 0. The highest BCUT2D eigenvalue weighted by atomic mass is 14.2. The van der Waals surface area contributed by atoms with Crippen molar-refractivity contribution in [1.82, 2.24) is 0 Å². The predicted octanol–water partition coefficient (Wildman–Crippen LogP) is 12.1. The maximum absolute atomic E-state index is 2.51. The highest BCUT2D eigenvalue weighted by Gasteiger charge is 2.21. The fraction of sp³-hybridized carbons (Fsp3) is 0.130. The fourth-order valence-corrected chi connectivity index (χ4v) is 8.15. The molecule has 9 rings (SSSR count). The average molecular weight is 589 g/mol. The van der Waals surface area contributed by atoms with Crippen molar-refractivity contribution in [2.75, 3.05) is 0 Å².